The van der Waals surface area contributed by atoms with Crippen LogP contribution < -0.4 is 0 Å². The van der Waals surface area contributed by atoms with E-state index in [4.69, 9.17) is 5.26 Å². The summed E-state index contributed by atoms with van der Waals surface area (Å²) < 4.78 is 13.8. The van der Waals surface area contributed by atoms with Gasteiger partial charge in [0, 0.05) is 0 Å². The Morgan fingerprint density at radius 1 is 1.21 bits per heavy atom. The quantitative estimate of drug-likeness (QED) is 0.691. The zero-order valence-corrected chi connectivity index (χ0v) is 11.5. The van der Waals surface area contributed by atoms with Gasteiger partial charge in [-0.05, 0) is 30.5 Å². The van der Waals surface area contributed by atoms with E-state index in [-0.39, 0.29) is 12.2 Å². The van der Waals surface area contributed by atoms with Gasteiger partial charge in [0.05, 0.1) is 12.0 Å². The van der Waals surface area contributed by atoms with Crippen molar-refractivity contribution in [3.63, 3.8) is 0 Å². The first kappa shape index (κ1) is 15.5. The van der Waals surface area contributed by atoms with Crippen LogP contribution in [0.4, 0.5) is 4.39 Å². The number of nitriles is 1. The first-order chi connectivity index (χ1) is 9.17. The van der Waals surface area contributed by atoms with Gasteiger partial charge in [-0.1, -0.05) is 44.7 Å². The molecule has 0 fully saturated rings. The molecular formula is C16H22FNO. The third-order valence-electron chi connectivity index (χ3n) is 3.31. The normalized spacial score (nSPS) is 13.7. The van der Waals surface area contributed by atoms with Gasteiger partial charge in [0.25, 0.3) is 0 Å². The molecule has 104 valence electrons. The van der Waals surface area contributed by atoms with E-state index in [9.17, 15) is 9.50 Å². The molecule has 0 spiro atoms. The van der Waals surface area contributed by atoms with E-state index in [1.54, 1.807) is 12.1 Å². The lowest BCUT2D eigenvalue weighted by atomic mass is 9.93. The highest BCUT2D eigenvalue weighted by Gasteiger charge is 2.17. The lowest BCUT2D eigenvalue weighted by molar-refractivity contribution is 0.281. The molecular weight excluding hydrogens is 241 g/mol. The largest absolute Gasteiger partial charge is 0.508 e. The molecule has 0 saturated heterocycles. The van der Waals surface area contributed by atoms with Gasteiger partial charge in [0.2, 0.25) is 0 Å². The van der Waals surface area contributed by atoms with E-state index in [0.717, 1.165) is 31.2 Å². The van der Waals surface area contributed by atoms with Gasteiger partial charge >= 0.3 is 0 Å². The number of aromatic hydroxyl groups is 1. The third kappa shape index (κ3) is 5.74. The predicted octanol–water partition coefficient (Wildman–Crippen LogP) is 4.70. The Labute approximate surface area is 114 Å². The van der Waals surface area contributed by atoms with Gasteiger partial charge < -0.3 is 5.11 Å². The molecule has 0 aromatic heterocycles. The van der Waals surface area contributed by atoms with Crippen molar-refractivity contribution in [1.82, 2.24) is 0 Å². The summed E-state index contributed by atoms with van der Waals surface area (Å²) in [5, 5.41) is 18.3. The van der Waals surface area contributed by atoms with Crippen LogP contribution in [0.25, 0.3) is 0 Å². The number of hydrogen-bond donors (Lipinski definition) is 1. The third-order valence-corrected chi connectivity index (χ3v) is 3.31. The van der Waals surface area contributed by atoms with Crippen LogP contribution in [0, 0.1) is 11.3 Å². The lowest BCUT2D eigenvalue weighted by Gasteiger charge is -2.13. The molecule has 2 nitrogen and oxygen atoms in total. The molecule has 2 atom stereocenters. The van der Waals surface area contributed by atoms with E-state index in [1.165, 1.54) is 12.1 Å². The molecule has 0 radical (unpaired) electrons. The number of halogens is 1. The maximum absolute atomic E-state index is 13.8. The topological polar surface area (TPSA) is 44.0 Å². The van der Waals surface area contributed by atoms with Crippen LogP contribution in [0.3, 0.4) is 0 Å². The van der Waals surface area contributed by atoms with E-state index in [0.29, 0.717) is 6.42 Å². The van der Waals surface area contributed by atoms with Crippen LogP contribution in [0.2, 0.25) is 0 Å². The highest BCUT2D eigenvalue weighted by molar-refractivity contribution is 5.31. The van der Waals surface area contributed by atoms with E-state index in [1.807, 2.05) is 0 Å². The highest BCUT2D eigenvalue weighted by Crippen LogP contribution is 2.25. The van der Waals surface area contributed by atoms with Crippen molar-refractivity contribution in [3.8, 4) is 11.8 Å². The van der Waals surface area contributed by atoms with Gasteiger partial charge in [-0.25, -0.2) is 4.39 Å². The smallest absolute Gasteiger partial charge is 0.115 e. The molecule has 1 aromatic rings. The molecule has 0 aliphatic rings. The second-order valence-electron chi connectivity index (χ2n) is 4.96. The standard InChI is InChI=1S/C16H22FNO/c1-2-3-4-5-6-15(17)11-14(12-18)13-7-9-16(19)10-8-13/h7-10,14-15,19H,2-6,11H2,1H3/t14-,15-/m0/s1. The van der Waals surface area contributed by atoms with Gasteiger partial charge in [-0.3, -0.25) is 0 Å². The highest BCUT2D eigenvalue weighted by atomic mass is 19.1. The summed E-state index contributed by atoms with van der Waals surface area (Å²) in [5.74, 6) is -0.265. The number of rotatable bonds is 8. The predicted molar refractivity (Wildman–Crippen MR) is 74.7 cm³/mol. The second-order valence-corrected chi connectivity index (χ2v) is 4.96. The Bertz CT molecular complexity index is 396. The SMILES string of the molecule is CCCCCC[C@H](F)C[C@@H](C#N)c1ccc(O)cc1. The Morgan fingerprint density at radius 3 is 2.47 bits per heavy atom. The average molecular weight is 263 g/mol. The molecule has 1 aromatic carbocycles. The Morgan fingerprint density at radius 2 is 1.89 bits per heavy atom. The summed E-state index contributed by atoms with van der Waals surface area (Å²) in [7, 11) is 0. The molecule has 0 aliphatic carbocycles. The van der Waals surface area contributed by atoms with Crippen LogP contribution in [0.5, 0.6) is 5.75 Å². The summed E-state index contributed by atoms with van der Waals surface area (Å²) in [4.78, 5) is 0. The minimum Gasteiger partial charge on any atom is -0.508 e. The minimum absolute atomic E-state index is 0.164. The molecule has 0 aliphatic heterocycles. The van der Waals surface area contributed by atoms with E-state index in [2.05, 4.69) is 13.0 Å². The molecule has 19 heavy (non-hydrogen) atoms. The van der Waals surface area contributed by atoms with Crippen molar-refractivity contribution in [1.29, 1.82) is 5.26 Å². The van der Waals surface area contributed by atoms with Gasteiger partial charge in [-0.15, -0.1) is 0 Å². The molecule has 1 rings (SSSR count). The summed E-state index contributed by atoms with van der Waals surface area (Å²) in [5.41, 5.74) is 0.775. The van der Waals surface area contributed by atoms with Crippen molar-refractivity contribution in [2.75, 3.05) is 0 Å². The van der Waals surface area contributed by atoms with Gasteiger partial charge in [-0.2, -0.15) is 5.26 Å². The fraction of sp³-hybridized carbons (Fsp3) is 0.562. The van der Waals surface area contributed by atoms with Crippen molar-refractivity contribution in [3.05, 3.63) is 29.8 Å². The van der Waals surface area contributed by atoms with Gasteiger partial charge in [0.15, 0.2) is 0 Å². The monoisotopic (exact) mass is 263 g/mol. The fourth-order valence-corrected chi connectivity index (χ4v) is 2.14. The summed E-state index contributed by atoms with van der Waals surface area (Å²) >= 11 is 0. The Hall–Kier alpha value is -1.56. The number of alkyl halides is 1. The number of benzene rings is 1. The zero-order chi connectivity index (χ0) is 14.1. The number of phenolic OH excluding ortho intramolecular Hbond substituents is 1. The van der Waals surface area contributed by atoms with Crippen LogP contribution in [-0.4, -0.2) is 11.3 Å². The average Bonchev–Trinajstić information content (AvgIpc) is 2.42. The Kier molecular flexibility index (Phi) is 6.95. The number of phenols is 1. The van der Waals surface area contributed by atoms with Crippen LogP contribution in [-0.2, 0) is 0 Å². The molecule has 0 unspecified atom stereocenters. The number of hydrogen-bond acceptors (Lipinski definition) is 2. The fourth-order valence-electron chi connectivity index (χ4n) is 2.14. The molecule has 0 heterocycles. The van der Waals surface area contributed by atoms with Crippen LogP contribution >= 0.6 is 0 Å². The van der Waals surface area contributed by atoms with E-state index >= 15 is 0 Å². The maximum Gasteiger partial charge on any atom is 0.115 e. The number of unbranched alkanes of at least 4 members (excludes halogenated alkanes) is 3. The number of nitrogens with zero attached hydrogens (tertiary/aromatic N) is 1. The van der Waals surface area contributed by atoms with Crippen molar-refractivity contribution in [2.45, 2.75) is 57.5 Å². The summed E-state index contributed by atoms with van der Waals surface area (Å²) in [6.07, 6.45) is 4.10. The van der Waals surface area contributed by atoms with Gasteiger partial charge in [0.1, 0.15) is 11.9 Å². The maximum atomic E-state index is 13.8. The van der Waals surface area contributed by atoms with Crippen molar-refractivity contribution >= 4 is 0 Å². The molecule has 3 heteroatoms. The zero-order valence-electron chi connectivity index (χ0n) is 11.5. The summed E-state index contributed by atoms with van der Waals surface area (Å²) in [6, 6.07) is 8.60. The molecule has 1 N–H and O–H groups in total. The van der Waals surface area contributed by atoms with Crippen molar-refractivity contribution in [2.24, 2.45) is 0 Å². The second kappa shape index (κ2) is 8.53. The lowest BCUT2D eigenvalue weighted by Crippen LogP contribution is -2.07. The van der Waals surface area contributed by atoms with Crippen LogP contribution in [0.1, 0.15) is 56.9 Å². The van der Waals surface area contributed by atoms with Crippen LogP contribution in [0.15, 0.2) is 24.3 Å². The first-order valence-electron chi connectivity index (χ1n) is 7.00. The molecule has 0 saturated carbocycles. The minimum atomic E-state index is -0.921. The Balaban J connectivity index is 2.44. The summed E-state index contributed by atoms with van der Waals surface area (Å²) in [6.45, 7) is 2.13. The molecule has 0 bridgehead atoms. The van der Waals surface area contributed by atoms with Crippen molar-refractivity contribution < 1.29 is 9.50 Å². The first-order valence-corrected chi connectivity index (χ1v) is 7.00. The molecule has 0 amide bonds. The van der Waals surface area contributed by atoms with E-state index < -0.39 is 12.1 Å².